The van der Waals surface area contributed by atoms with Crippen molar-refractivity contribution in [2.24, 2.45) is 0 Å². The molecule has 0 unspecified atom stereocenters. The topological polar surface area (TPSA) is 106 Å². The Balaban J connectivity index is 1.50. The Hall–Kier alpha value is -2.22. The molecule has 3 rings (SSSR count). The minimum Gasteiger partial charge on any atom is -0.491 e. The van der Waals surface area contributed by atoms with Crippen molar-refractivity contribution >= 4 is 23.6 Å². The van der Waals surface area contributed by atoms with Gasteiger partial charge in [0.1, 0.15) is 12.4 Å². The average molecular weight is 305 g/mol. The fourth-order valence-electron chi connectivity index (χ4n) is 2.14. The van der Waals surface area contributed by atoms with E-state index in [9.17, 15) is 4.79 Å². The van der Waals surface area contributed by atoms with E-state index in [-0.39, 0.29) is 23.7 Å². The number of nitrogens with zero attached hydrogens (tertiary/aromatic N) is 2. The van der Waals surface area contributed by atoms with Crippen LogP contribution < -0.4 is 15.8 Å². The van der Waals surface area contributed by atoms with Crippen molar-refractivity contribution in [2.75, 3.05) is 18.1 Å². The molecule has 0 saturated carbocycles. The zero-order chi connectivity index (χ0) is 14.7. The number of aromatic amines is 1. The second kappa shape index (κ2) is 6.04. The number of hydrogen-bond donors (Lipinski definition) is 3. The number of thioether (sulfide) groups is 1. The standard InChI is InChI=1S/C13H15N5O2S/c14-12-16-13(18-17-12)21-7-11(19)15-9-5-8-3-1-2-4-10(8)20-6-9/h1-4,9H,5-7H2,(H,15,19)(H3,14,16,17,18)/t9-/m0/s1. The molecule has 0 bridgehead atoms. The Morgan fingerprint density at radius 2 is 2.38 bits per heavy atom. The third-order valence-electron chi connectivity index (χ3n) is 3.06. The van der Waals surface area contributed by atoms with E-state index < -0.39 is 0 Å². The lowest BCUT2D eigenvalue weighted by Crippen LogP contribution is -2.43. The van der Waals surface area contributed by atoms with Gasteiger partial charge in [-0.05, 0) is 18.1 Å². The minimum absolute atomic E-state index is 0.00906. The molecule has 0 fully saturated rings. The summed E-state index contributed by atoms with van der Waals surface area (Å²) in [7, 11) is 0. The molecule has 2 aromatic rings. The molecule has 1 aromatic carbocycles. The second-order valence-corrected chi connectivity index (χ2v) is 5.62. The normalized spacial score (nSPS) is 16.9. The summed E-state index contributed by atoms with van der Waals surface area (Å²) in [6.45, 7) is 0.487. The van der Waals surface area contributed by atoms with Crippen LogP contribution in [0.2, 0.25) is 0 Å². The molecular weight excluding hydrogens is 290 g/mol. The fourth-order valence-corrected chi connectivity index (χ4v) is 2.76. The lowest BCUT2D eigenvalue weighted by atomic mass is 10.0. The number of rotatable bonds is 4. The van der Waals surface area contributed by atoms with Crippen LogP contribution in [0, 0.1) is 0 Å². The van der Waals surface area contributed by atoms with Gasteiger partial charge in [0.2, 0.25) is 17.0 Å². The van der Waals surface area contributed by atoms with Crippen molar-refractivity contribution < 1.29 is 9.53 Å². The molecule has 7 nitrogen and oxygen atoms in total. The van der Waals surface area contributed by atoms with E-state index in [4.69, 9.17) is 10.5 Å². The number of hydrogen-bond acceptors (Lipinski definition) is 6. The van der Waals surface area contributed by atoms with Gasteiger partial charge in [-0.15, -0.1) is 5.10 Å². The Labute approximate surface area is 125 Å². The molecule has 0 aliphatic carbocycles. The van der Waals surface area contributed by atoms with Crippen molar-refractivity contribution in [3.63, 3.8) is 0 Å². The molecule has 110 valence electrons. The van der Waals surface area contributed by atoms with Gasteiger partial charge in [-0.2, -0.15) is 4.98 Å². The van der Waals surface area contributed by atoms with Gasteiger partial charge in [-0.1, -0.05) is 30.0 Å². The number of anilines is 1. The highest BCUT2D eigenvalue weighted by Crippen LogP contribution is 2.24. The highest BCUT2D eigenvalue weighted by Gasteiger charge is 2.21. The first-order valence-electron chi connectivity index (χ1n) is 6.51. The van der Waals surface area contributed by atoms with E-state index in [1.807, 2.05) is 24.3 Å². The van der Waals surface area contributed by atoms with Crippen LogP contribution in [0.4, 0.5) is 5.95 Å². The summed E-state index contributed by atoms with van der Waals surface area (Å²) in [6.07, 6.45) is 0.778. The van der Waals surface area contributed by atoms with Crippen LogP contribution >= 0.6 is 11.8 Å². The monoisotopic (exact) mass is 305 g/mol. The van der Waals surface area contributed by atoms with Crippen LogP contribution in [-0.2, 0) is 11.2 Å². The molecule has 0 radical (unpaired) electrons. The lowest BCUT2D eigenvalue weighted by molar-refractivity contribution is -0.119. The number of aromatic nitrogens is 3. The first-order valence-corrected chi connectivity index (χ1v) is 7.50. The average Bonchev–Trinajstić information content (AvgIpc) is 2.91. The third kappa shape index (κ3) is 3.46. The number of amides is 1. The first kappa shape index (κ1) is 13.7. The van der Waals surface area contributed by atoms with Gasteiger partial charge in [0.25, 0.3) is 0 Å². The van der Waals surface area contributed by atoms with Gasteiger partial charge in [0.05, 0.1) is 11.8 Å². The summed E-state index contributed by atoms with van der Waals surface area (Å²) < 4.78 is 5.64. The summed E-state index contributed by atoms with van der Waals surface area (Å²) in [5.74, 6) is 1.32. The van der Waals surface area contributed by atoms with Crippen LogP contribution in [0.15, 0.2) is 29.4 Å². The van der Waals surface area contributed by atoms with Crippen molar-refractivity contribution in [3.8, 4) is 5.75 Å². The molecule has 1 amide bonds. The molecule has 21 heavy (non-hydrogen) atoms. The zero-order valence-corrected chi connectivity index (χ0v) is 12.0. The van der Waals surface area contributed by atoms with Crippen LogP contribution in [0.1, 0.15) is 5.56 Å². The summed E-state index contributed by atoms with van der Waals surface area (Å²) in [6, 6.07) is 7.85. The number of nitrogens with two attached hydrogens (primary N) is 1. The largest absolute Gasteiger partial charge is 0.491 e. The summed E-state index contributed by atoms with van der Waals surface area (Å²) in [5, 5.41) is 9.81. The maximum Gasteiger partial charge on any atom is 0.230 e. The molecule has 0 saturated heterocycles. The lowest BCUT2D eigenvalue weighted by Gasteiger charge is -2.25. The highest BCUT2D eigenvalue weighted by molar-refractivity contribution is 7.99. The predicted octanol–water partition coefficient (Wildman–Crippen LogP) is 0.599. The summed E-state index contributed by atoms with van der Waals surface area (Å²) >= 11 is 1.24. The summed E-state index contributed by atoms with van der Waals surface area (Å²) in [4.78, 5) is 15.8. The Bertz CT molecular complexity index is 645. The number of nitrogen functional groups attached to an aromatic ring is 1. The van der Waals surface area contributed by atoms with Gasteiger partial charge in [-0.3, -0.25) is 4.79 Å². The first-order chi connectivity index (χ1) is 10.2. The molecule has 2 heterocycles. The highest BCUT2D eigenvalue weighted by atomic mass is 32.2. The van der Waals surface area contributed by atoms with E-state index in [0.29, 0.717) is 11.8 Å². The minimum atomic E-state index is -0.0728. The van der Waals surface area contributed by atoms with Crippen LogP contribution in [0.25, 0.3) is 0 Å². The Morgan fingerprint density at radius 3 is 3.19 bits per heavy atom. The predicted molar refractivity (Wildman–Crippen MR) is 79.1 cm³/mol. The maximum atomic E-state index is 11.9. The van der Waals surface area contributed by atoms with E-state index in [0.717, 1.165) is 17.7 Å². The van der Waals surface area contributed by atoms with Gasteiger partial charge in [0.15, 0.2) is 0 Å². The quantitative estimate of drug-likeness (QED) is 0.714. The molecule has 8 heteroatoms. The van der Waals surface area contributed by atoms with Crippen LogP contribution in [0.3, 0.4) is 0 Å². The van der Waals surface area contributed by atoms with Crippen LogP contribution in [-0.4, -0.2) is 39.5 Å². The molecule has 1 atom stereocenters. The van der Waals surface area contributed by atoms with Gasteiger partial charge < -0.3 is 15.8 Å². The van der Waals surface area contributed by atoms with Gasteiger partial charge in [0, 0.05) is 0 Å². The number of fused-ring (bicyclic) bond motifs is 1. The number of benzene rings is 1. The Morgan fingerprint density at radius 1 is 1.52 bits per heavy atom. The number of carbonyl (C=O) groups excluding carboxylic acids is 1. The number of para-hydroxylation sites is 1. The van der Waals surface area contributed by atoms with Gasteiger partial charge >= 0.3 is 0 Å². The smallest absolute Gasteiger partial charge is 0.230 e. The van der Waals surface area contributed by atoms with E-state index >= 15 is 0 Å². The van der Waals surface area contributed by atoms with Crippen molar-refractivity contribution in [1.29, 1.82) is 0 Å². The second-order valence-electron chi connectivity index (χ2n) is 4.68. The van der Waals surface area contributed by atoms with E-state index in [1.165, 1.54) is 11.8 Å². The molecular formula is C13H15N5O2S. The fraction of sp³-hybridized carbons (Fsp3) is 0.308. The molecule has 1 aliphatic rings. The van der Waals surface area contributed by atoms with Crippen molar-refractivity contribution in [1.82, 2.24) is 20.5 Å². The zero-order valence-electron chi connectivity index (χ0n) is 11.2. The Kier molecular flexibility index (Phi) is 3.96. The van der Waals surface area contributed by atoms with Crippen molar-refractivity contribution in [2.45, 2.75) is 17.6 Å². The SMILES string of the molecule is Nc1nc(SCC(=O)N[C@@H]2COc3ccccc3C2)n[nH]1. The third-order valence-corrected chi connectivity index (χ3v) is 3.91. The van der Waals surface area contributed by atoms with Crippen molar-refractivity contribution in [3.05, 3.63) is 29.8 Å². The molecule has 1 aliphatic heterocycles. The number of ether oxygens (including phenoxy) is 1. The molecule has 1 aromatic heterocycles. The maximum absolute atomic E-state index is 11.9. The van der Waals surface area contributed by atoms with Crippen LogP contribution in [0.5, 0.6) is 5.75 Å². The number of nitrogens with one attached hydrogen (secondary N) is 2. The van der Waals surface area contributed by atoms with Gasteiger partial charge in [-0.25, -0.2) is 5.10 Å². The number of H-pyrrole nitrogens is 1. The summed E-state index contributed by atoms with van der Waals surface area (Å²) in [5.41, 5.74) is 6.53. The van der Waals surface area contributed by atoms with E-state index in [1.54, 1.807) is 0 Å². The number of carbonyl (C=O) groups is 1. The molecule has 4 N–H and O–H groups in total. The molecule has 0 spiro atoms. The van der Waals surface area contributed by atoms with E-state index in [2.05, 4.69) is 20.5 Å².